The second-order valence-corrected chi connectivity index (χ2v) is 5.00. The minimum absolute atomic E-state index is 0.254. The SMILES string of the molecule is CCCN(Cc1cc(F)cc(Cl)c1)C1CNC1. The van der Waals surface area contributed by atoms with E-state index in [1.54, 1.807) is 6.07 Å². The molecule has 1 aliphatic rings. The van der Waals surface area contributed by atoms with Gasteiger partial charge in [0.05, 0.1) is 0 Å². The highest BCUT2D eigenvalue weighted by atomic mass is 35.5. The molecule has 0 saturated carbocycles. The molecular formula is C13H18ClFN2. The number of halogens is 2. The first-order chi connectivity index (χ1) is 8.19. The number of nitrogens with zero attached hydrogens (tertiary/aromatic N) is 1. The summed E-state index contributed by atoms with van der Waals surface area (Å²) in [4.78, 5) is 2.39. The van der Waals surface area contributed by atoms with Crippen molar-refractivity contribution in [2.24, 2.45) is 0 Å². The number of hydrogen-bond acceptors (Lipinski definition) is 2. The van der Waals surface area contributed by atoms with E-state index >= 15 is 0 Å². The van der Waals surface area contributed by atoms with Crippen LogP contribution in [0.3, 0.4) is 0 Å². The lowest BCUT2D eigenvalue weighted by Gasteiger charge is -2.38. The quantitative estimate of drug-likeness (QED) is 0.871. The summed E-state index contributed by atoms with van der Waals surface area (Å²) in [5, 5.41) is 3.74. The number of hydrogen-bond donors (Lipinski definition) is 1. The molecule has 1 aromatic carbocycles. The maximum Gasteiger partial charge on any atom is 0.125 e. The van der Waals surface area contributed by atoms with Crippen LogP contribution in [-0.4, -0.2) is 30.6 Å². The maximum absolute atomic E-state index is 13.2. The van der Waals surface area contributed by atoms with Crippen LogP contribution in [0.15, 0.2) is 18.2 Å². The fraction of sp³-hybridized carbons (Fsp3) is 0.538. The zero-order valence-electron chi connectivity index (χ0n) is 10.0. The van der Waals surface area contributed by atoms with E-state index in [9.17, 15) is 4.39 Å². The highest BCUT2D eigenvalue weighted by Gasteiger charge is 2.23. The monoisotopic (exact) mass is 256 g/mol. The van der Waals surface area contributed by atoms with E-state index in [4.69, 9.17) is 11.6 Å². The fourth-order valence-corrected chi connectivity index (χ4v) is 2.39. The Balaban J connectivity index is 2.05. The van der Waals surface area contributed by atoms with Gasteiger partial charge in [0.15, 0.2) is 0 Å². The zero-order valence-corrected chi connectivity index (χ0v) is 10.8. The van der Waals surface area contributed by atoms with Crippen molar-refractivity contribution in [3.63, 3.8) is 0 Å². The van der Waals surface area contributed by atoms with Crippen molar-refractivity contribution in [1.29, 1.82) is 0 Å². The van der Waals surface area contributed by atoms with E-state index < -0.39 is 0 Å². The van der Waals surface area contributed by atoms with E-state index in [0.29, 0.717) is 11.1 Å². The summed E-state index contributed by atoms with van der Waals surface area (Å²) >= 11 is 5.87. The molecule has 1 N–H and O–H groups in total. The molecule has 94 valence electrons. The van der Waals surface area contributed by atoms with Crippen molar-refractivity contribution in [1.82, 2.24) is 10.2 Å². The molecule has 0 radical (unpaired) electrons. The van der Waals surface area contributed by atoms with Crippen molar-refractivity contribution in [3.05, 3.63) is 34.6 Å². The van der Waals surface area contributed by atoms with Crippen LogP contribution in [0.2, 0.25) is 5.02 Å². The van der Waals surface area contributed by atoms with Gasteiger partial charge in [0.2, 0.25) is 0 Å². The van der Waals surface area contributed by atoms with E-state index in [0.717, 1.165) is 38.2 Å². The molecule has 0 unspecified atom stereocenters. The van der Waals surface area contributed by atoms with Gasteiger partial charge in [0.25, 0.3) is 0 Å². The Morgan fingerprint density at radius 1 is 1.41 bits per heavy atom. The minimum atomic E-state index is -0.254. The van der Waals surface area contributed by atoms with Crippen molar-refractivity contribution < 1.29 is 4.39 Å². The van der Waals surface area contributed by atoms with Gasteiger partial charge in [-0.25, -0.2) is 4.39 Å². The van der Waals surface area contributed by atoms with Crippen LogP contribution >= 0.6 is 11.6 Å². The molecule has 0 atom stereocenters. The molecule has 0 spiro atoms. The number of benzene rings is 1. The molecule has 1 fully saturated rings. The first kappa shape index (κ1) is 12.8. The summed E-state index contributed by atoms with van der Waals surface area (Å²) in [6.07, 6.45) is 1.11. The van der Waals surface area contributed by atoms with Gasteiger partial charge in [-0.3, -0.25) is 4.90 Å². The predicted octanol–water partition coefficient (Wildman–Crippen LogP) is 2.66. The molecule has 2 rings (SSSR count). The summed E-state index contributed by atoms with van der Waals surface area (Å²) < 4.78 is 13.2. The van der Waals surface area contributed by atoms with Gasteiger partial charge in [-0.05, 0) is 36.7 Å². The third-order valence-corrected chi connectivity index (χ3v) is 3.31. The lowest BCUT2D eigenvalue weighted by molar-refractivity contribution is 0.137. The largest absolute Gasteiger partial charge is 0.314 e. The Kier molecular flexibility index (Phi) is 4.37. The Morgan fingerprint density at radius 2 is 2.18 bits per heavy atom. The van der Waals surface area contributed by atoms with Crippen LogP contribution in [0.25, 0.3) is 0 Å². The summed E-state index contributed by atoms with van der Waals surface area (Å²) in [5.74, 6) is -0.254. The lowest BCUT2D eigenvalue weighted by atomic mass is 10.1. The molecular weight excluding hydrogens is 239 g/mol. The van der Waals surface area contributed by atoms with E-state index in [2.05, 4.69) is 17.1 Å². The average Bonchev–Trinajstić information content (AvgIpc) is 2.13. The second kappa shape index (κ2) is 5.80. The molecule has 0 aliphatic carbocycles. The molecule has 17 heavy (non-hydrogen) atoms. The molecule has 2 nitrogen and oxygen atoms in total. The van der Waals surface area contributed by atoms with E-state index in [1.165, 1.54) is 6.07 Å². The highest BCUT2D eigenvalue weighted by molar-refractivity contribution is 6.30. The van der Waals surface area contributed by atoms with Crippen LogP contribution in [0, 0.1) is 5.82 Å². The van der Waals surface area contributed by atoms with Crippen molar-refractivity contribution in [2.75, 3.05) is 19.6 Å². The third-order valence-electron chi connectivity index (χ3n) is 3.10. The summed E-state index contributed by atoms with van der Waals surface area (Å²) in [5.41, 5.74) is 0.954. The van der Waals surface area contributed by atoms with Gasteiger partial charge in [-0.1, -0.05) is 18.5 Å². The molecule has 0 bridgehead atoms. The van der Waals surface area contributed by atoms with Crippen molar-refractivity contribution in [3.8, 4) is 0 Å². The molecule has 0 aromatic heterocycles. The summed E-state index contributed by atoms with van der Waals surface area (Å²) in [7, 11) is 0. The van der Waals surface area contributed by atoms with Crippen molar-refractivity contribution in [2.45, 2.75) is 25.9 Å². The molecule has 1 aromatic rings. The van der Waals surface area contributed by atoms with Crippen LogP contribution < -0.4 is 5.32 Å². The van der Waals surface area contributed by atoms with E-state index in [-0.39, 0.29) is 5.82 Å². The first-order valence-corrected chi connectivity index (χ1v) is 6.46. The van der Waals surface area contributed by atoms with Gasteiger partial charge in [0.1, 0.15) is 5.82 Å². The lowest BCUT2D eigenvalue weighted by Crippen LogP contribution is -2.56. The zero-order chi connectivity index (χ0) is 12.3. The average molecular weight is 257 g/mol. The second-order valence-electron chi connectivity index (χ2n) is 4.56. The van der Waals surface area contributed by atoms with Crippen molar-refractivity contribution >= 4 is 11.6 Å². The summed E-state index contributed by atoms with van der Waals surface area (Å²) in [6.45, 7) is 6.04. The topological polar surface area (TPSA) is 15.3 Å². The molecule has 4 heteroatoms. The predicted molar refractivity (Wildman–Crippen MR) is 68.8 cm³/mol. The first-order valence-electron chi connectivity index (χ1n) is 6.08. The minimum Gasteiger partial charge on any atom is -0.314 e. The van der Waals surface area contributed by atoms with Gasteiger partial charge < -0.3 is 5.32 Å². The number of nitrogens with one attached hydrogen (secondary N) is 1. The Labute approximate surface area is 107 Å². The normalized spacial score (nSPS) is 16.2. The summed E-state index contributed by atoms with van der Waals surface area (Å²) in [6, 6.07) is 5.34. The Bertz CT molecular complexity index is 359. The number of rotatable bonds is 5. The highest BCUT2D eigenvalue weighted by Crippen LogP contribution is 2.17. The molecule has 1 aliphatic heterocycles. The van der Waals surface area contributed by atoms with Crippen LogP contribution in [0.5, 0.6) is 0 Å². The fourth-order valence-electron chi connectivity index (χ4n) is 2.15. The third kappa shape index (κ3) is 3.41. The Hall–Kier alpha value is -0.640. The van der Waals surface area contributed by atoms with Crippen LogP contribution in [0.1, 0.15) is 18.9 Å². The van der Waals surface area contributed by atoms with Crippen LogP contribution in [-0.2, 0) is 6.54 Å². The van der Waals surface area contributed by atoms with Gasteiger partial charge >= 0.3 is 0 Å². The molecule has 1 heterocycles. The van der Waals surface area contributed by atoms with E-state index in [1.807, 2.05) is 6.07 Å². The van der Waals surface area contributed by atoms with Crippen LogP contribution in [0.4, 0.5) is 4.39 Å². The smallest absolute Gasteiger partial charge is 0.125 e. The Morgan fingerprint density at radius 3 is 2.71 bits per heavy atom. The standard InChI is InChI=1S/C13H18ClFN2/c1-2-3-17(13-7-16-8-13)9-10-4-11(14)6-12(15)5-10/h4-6,13,16H,2-3,7-9H2,1H3. The van der Waals surface area contributed by atoms with Gasteiger partial charge in [-0.2, -0.15) is 0 Å². The molecule has 0 amide bonds. The van der Waals surface area contributed by atoms with Gasteiger partial charge in [-0.15, -0.1) is 0 Å². The molecule has 1 saturated heterocycles. The van der Waals surface area contributed by atoms with Gasteiger partial charge in [0, 0.05) is 30.7 Å². The maximum atomic E-state index is 13.2.